The topological polar surface area (TPSA) is 162 Å². The zero-order chi connectivity index (χ0) is 32.6. The van der Waals surface area contributed by atoms with E-state index in [9.17, 15) is 15.3 Å². The summed E-state index contributed by atoms with van der Waals surface area (Å²) in [5.74, 6) is 0. The van der Waals surface area contributed by atoms with Crippen molar-refractivity contribution in [2.45, 2.75) is 81.0 Å². The van der Waals surface area contributed by atoms with Crippen LogP contribution < -0.4 is 16.8 Å². The van der Waals surface area contributed by atoms with Crippen LogP contribution >= 0.6 is 0 Å². The second-order valence-electron chi connectivity index (χ2n) is 12.1. The Morgan fingerprint density at radius 1 is 0.826 bits per heavy atom. The Balaban J connectivity index is 1.33. The fourth-order valence-electron chi connectivity index (χ4n) is 6.33. The van der Waals surface area contributed by atoms with Gasteiger partial charge >= 0.3 is 0 Å². The van der Waals surface area contributed by atoms with E-state index in [1.165, 1.54) is 7.11 Å². The van der Waals surface area contributed by atoms with Crippen LogP contribution in [-0.4, -0.2) is 91.0 Å². The lowest BCUT2D eigenvalue weighted by Crippen LogP contribution is -2.65. The molecular weight excluding hydrogens is 586 g/mol. The molecule has 0 heterocycles. The third kappa shape index (κ3) is 8.10. The van der Waals surface area contributed by atoms with Crippen LogP contribution in [0.5, 0.6) is 0 Å². The van der Waals surface area contributed by atoms with Crippen LogP contribution in [0.15, 0.2) is 84.9 Å². The molecular formula is C36H47N3O7. The molecule has 9 atom stereocenters. The number of aliphatic hydroxyl groups excluding tert-OH is 3. The minimum absolute atomic E-state index is 0.0883. The zero-order valence-corrected chi connectivity index (χ0v) is 26.4. The maximum Gasteiger partial charge on any atom is 0.175 e. The smallest absolute Gasteiger partial charge is 0.175 e. The van der Waals surface area contributed by atoms with Crippen molar-refractivity contribution in [3.8, 4) is 0 Å². The number of benzene rings is 4. The summed E-state index contributed by atoms with van der Waals surface area (Å²) < 4.78 is 25.0. The van der Waals surface area contributed by atoms with Crippen molar-refractivity contribution in [2.24, 2.45) is 11.5 Å². The molecule has 10 nitrogen and oxygen atoms in total. The van der Waals surface area contributed by atoms with E-state index in [4.69, 9.17) is 30.4 Å². The Labute approximate surface area is 270 Å². The molecule has 46 heavy (non-hydrogen) atoms. The molecule has 0 spiro atoms. The van der Waals surface area contributed by atoms with Crippen LogP contribution in [0.3, 0.4) is 0 Å². The quantitative estimate of drug-likeness (QED) is 0.107. The van der Waals surface area contributed by atoms with Crippen molar-refractivity contribution >= 4 is 21.5 Å². The molecule has 248 valence electrons. The average molecular weight is 634 g/mol. The number of aliphatic hydroxyl groups is 3. The summed E-state index contributed by atoms with van der Waals surface area (Å²) in [5, 5.41) is 39.6. The molecule has 3 unspecified atom stereocenters. The Hall–Kier alpha value is -3.00. The van der Waals surface area contributed by atoms with Crippen LogP contribution in [0.4, 0.5) is 0 Å². The van der Waals surface area contributed by atoms with Crippen molar-refractivity contribution in [3.05, 3.63) is 96.1 Å². The maximum atomic E-state index is 11.2. The van der Waals surface area contributed by atoms with E-state index < -0.39 is 54.9 Å². The third-order valence-corrected chi connectivity index (χ3v) is 8.89. The molecule has 1 fully saturated rings. The molecule has 1 saturated carbocycles. The van der Waals surface area contributed by atoms with Crippen molar-refractivity contribution < 1.29 is 34.3 Å². The van der Waals surface area contributed by atoms with Crippen LogP contribution in [0.1, 0.15) is 24.0 Å². The summed E-state index contributed by atoms with van der Waals surface area (Å²) in [6, 6.07) is 26.4. The van der Waals surface area contributed by atoms with E-state index in [1.54, 1.807) is 7.05 Å². The molecule has 0 aliphatic heterocycles. The van der Waals surface area contributed by atoms with E-state index in [0.29, 0.717) is 6.42 Å². The molecule has 1 aliphatic rings. The van der Waals surface area contributed by atoms with Gasteiger partial charge in [0.1, 0.15) is 18.3 Å². The molecule has 4 aromatic rings. The number of nitrogens with two attached hydrogens (primary N) is 2. The fourth-order valence-corrected chi connectivity index (χ4v) is 6.33. The minimum Gasteiger partial charge on any atom is -0.396 e. The highest BCUT2D eigenvalue weighted by Crippen LogP contribution is 2.28. The van der Waals surface area contributed by atoms with Crippen molar-refractivity contribution in [1.29, 1.82) is 0 Å². The average Bonchev–Trinajstić information content (AvgIpc) is 3.07. The Kier molecular flexibility index (Phi) is 12.1. The van der Waals surface area contributed by atoms with Crippen LogP contribution in [0, 0.1) is 0 Å². The molecule has 5 rings (SSSR count). The summed E-state index contributed by atoms with van der Waals surface area (Å²) in [6.07, 6.45) is -5.10. The van der Waals surface area contributed by atoms with Gasteiger partial charge in [0.05, 0.1) is 31.5 Å². The Bertz CT molecular complexity index is 1540. The molecule has 4 aromatic carbocycles. The van der Waals surface area contributed by atoms with Gasteiger partial charge in [0.15, 0.2) is 6.29 Å². The summed E-state index contributed by atoms with van der Waals surface area (Å²) in [5.41, 5.74) is 14.7. The summed E-state index contributed by atoms with van der Waals surface area (Å²) in [6.45, 7) is 0.195. The molecule has 1 aliphatic carbocycles. The first kappa shape index (κ1) is 34.3. The largest absolute Gasteiger partial charge is 0.396 e. The molecule has 0 saturated heterocycles. The van der Waals surface area contributed by atoms with Crippen molar-refractivity contribution in [3.63, 3.8) is 0 Å². The minimum atomic E-state index is -1.04. The van der Waals surface area contributed by atoms with Gasteiger partial charge in [0.25, 0.3) is 0 Å². The van der Waals surface area contributed by atoms with Crippen molar-refractivity contribution in [1.82, 2.24) is 5.32 Å². The predicted molar refractivity (Wildman–Crippen MR) is 178 cm³/mol. The summed E-state index contributed by atoms with van der Waals surface area (Å²) in [7, 11) is 3.21. The number of hydrogen-bond acceptors (Lipinski definition) is 10. The summed E-state index contributed by atoms with van der Waals surface area (Å²) in [4.78, 5) is 0. The van der Waals surface area contributed by atoms with Gasteiger partial charge in [0, 0.05) is 25.8 Å². The molecule has 0 radical (unpaired) electrons. The van der Waals surface area contributed by atoms with Gasteiger partial charge in [-0.2, -0.15) is 0 Å². The van der Waals surface area contributed by atoms with Gasteiger partial charge in [-0.1, -0.05) is 72.8 Å². The Morgan fingerprint density at radius 3 is 1.98 bits per heavy atom. The van der Waals surface area contributed by atoms with Gasteiger partial charge in [-0.25, -0.2) is 0 Å². The van der Waals surface area contributed by atoms with E-state index in [-0.39, 0.29) is 26.2 Å². The second-order valence-corrected chi connectivity index (χ2v) is 12.1. The first-order valence-electron chi connectivity index (χ1n) is 15.8. The molecule has 0 amide bonds. The molecule has 8 N–H and O–H groups in total. The van der Waals surface area contributed by atoms with Crippen LogP contribution in [-0.2, 0) is 32.2 Å². The maximum absolute atomic E-state index is 11.2. The molecule has 0 bridgehead atoms. The van der Waals surface area contributed by atoms with Gasteiger partial charge in [-0.15, -0.1) is 0 Å². The normalized spacial score (nSPS) is 24.5. The van der Waals surface area contributed by atoms with Gasteiger partial charge < -0.3 is 51.1 Å². The number of likely N-dealkylation sites (N-methyl/N-ethyl adjacent to an activating group) is 1. The number of rotatable bonds is 15. The van der Waals surface area contributed by atoms with E-state index in [0.717, 1.165) is 32.7 Å². The molecule has 10 heteroatoms. The second kappa shape index (κ2) is 16.2. The standard InChI is InChI=1S/C36H47N3O7/c1-39-31(34(30(41)15-16-40)44-20-22-11-13-24-7-3-5-9-26(24)17-22)36(43-2)46-33-29(38)19-28(37)32(42)35(33)45-21-23-12-14-25-8-4-6-10-27(25)18-23/h3-14,17-18,28-36,39-42H,15-16,19-21,37-38H2,1-2H3/t28-,29?,30-,31?,32?,33-,34+,35-,36-/m1/s1. The van der Waals surface area contributed by atoms with E-state index in [2.05, 4.69) is 11.4 Å². The highest BCUT2D eigenvalue weighted by molar-refractivity contribution is 5.83. The Morgan fingerprint density at radius 2 is 1.41 bits per heavy atom. The monoisotopic (exact) mass is 633 g/mol. The predicted octanol–water partition coefficient (Wildman–Crippen LogP) is 2.57. The number of fused-ring (bicyclic) bond motifs is 2. The fraction of sp³-hybridized carbons (Fsp3) is 0.444. The highest BCUT2D eigenvalue weighted by atomic mass is 16.7. The first-order chi connectivity index (χ1) is 22.3. The molecule has 0 aromatic heterocycles. The zero-order valence-electron chi connectivity index (χ0n) is 26.4. The van der Waals surface area contributed by atoms with E-state index in [1.807, 2.05) is 78.9 Å². The number of methoxy groups -OCH3 is 1. The van der Waals surface area contributed by atoms with Gasteiger partial charge in [0.2, 0.25) is 0 Å². The summed E-state index contributed by atoms with van der Waals surface area (Å²) >= 11 is 0. The van der Waals surface area contributed by atoms with Gasteiger partial charge in [-0.3, -0.25) is 0 Å². The highest BCUT2D eigenvalue weighted by Gasteiger charge is 2.46. The SMILES string of the molecule is CNC([C@H](OC)O[C@@H]1C(N)C[C@@H](N)C(O)[C@H]1OCc1ccc2ccccc2c1)[C@@H](OCc1ccc2ccccc2c1)[C@H](O)CCO. The number of hydrogen-bond donors (Lipinski definition) is 6. The van der Waals surface area contributed by atoms with Crippen LogP contribution in [0.2, 0.25) is 0 Å². The lowest BCUT2D eigenvalue weighted by Gasteiger charge is -2.44. The number of nitrogens with one attached hydrogen (secondary N) is 1. The lowest BCUT2D eigenvalue weighted by molar-refractivity contribution is -0.245. The lowest BCUT2D eigenvalue weighted by atomic mass is 9.84. The van der Waals surface area contributed by atoms with Crippen molar-refractivity contribution in [2.75, 3.05) is 20.8 Å². The third-order valence-electron chi connectivity index (χ3n) is 8.89. The number of ether oxygens (including phenoxy) is 4. The van der Waals surface area contributed by atoms with E-state index >= 15 is 0 Å². The van der Waals surface area contributed by atoms with Gasteiger partial charge in [-0.05, 0) is 64.7 Å². The first-order valence-corrected chi connectivity index (χ1v) is 15.8. The van der Waals surface area contributed by atoms with Crippen LogP contribution in [0.25, 0.3) is 21.5 Å².